The first-order valence-corrected chi connectivity index (χ1v) is 5.07. The predicted molar refractivity (Wildman–Crippen MR) is 58.4 cm³/mol. The summed E-state index contributed by atoms with van der Waals surface area (Å²) in [4.78, 5) is 10.5. The fourth-order valence-electron chi connectivity index (χ4n) is 1.04. The first-order valence-electron chi connectivity index (χ1n) is 4.28. The number of hydrogen-bond donors (Lipinski definition) is 0. The van der Waals surface area contributed by atoms with Gasteiger partial charge in [-0.1, -0.05) is 13.0 Å². The number of carbonyl (C=O) groups excluding carboxylic acids is 1. The molecular formula is C11H10BrFO. The molecule has 0 unspecified atom stereocenters. The fourth-order valence-corrected chi connectivity index (χ4v) is 1.43. The van der Waals surface area contributed by atoms with E-state index >= 15 is 0 Å². The standard InChI is InChI=1S/C11H10BrFO/c1-2-8(7-14)5-9-3-4-11(13)10(12)6-9/h3-7H,2H2,1H3/b8-5-. The predicted octanol–water partition coefficient (Wildman–Crippen LogP) is 3.58. The van der Waals surface area contributed by atoms with E-state index in [1.165, 1.54) is 6.07 Å². The van der Waals surface area contributed by atoms with Crippen molar-refractivity contribution in [2.75, 3.05) is 0 Å². The van der Waals surface area contributed by atoms with Gasteiger partial charge in [0.25, 0.3) is 0 Å². The summed E-state index contributed by atoms with van der Waals surface area (Å²) in [5.41, 5.74) is 1.52. The van der Waals surface area contributed by atoms with Crippen molar-refractivity contribution in [2.24, 2.45) is 0 Å². The number of allylic oxidation sites excluding steroid dienone is 1. The molecule has 0 saturated heterocycles. The second-order valence-corrected chi connectivity index (χ2v) is 3.72. The molecule has 1 rings (SSSR count). The largest absolute Gasteiger partial charge is 0.298 e. The van der Waals surface area contributed by atoms with Crippen LogP contribution in [0.15, 0.2) is 28.2 Å². The van der Waals surface area contributed by atoms with E-state index in [9.17, 15) is 9.18 Å². The van der Waals surface area contributed by atoms with E-state index in [2.05, 4.69) is 15.9 Å². The first kappa shape index (κ1) is 11.1. The Kier molecular flexibility index (Phi) is 4.01. The van der Waals surface area contributed by atoms with Gasteiger partial charge in [0.05, 0.1) is 4.47 Å². The van der Waals surface area contributed by atoms with E-state index in [1.54, 1.807) is 18.2 Å². The Hall–Kier alpha value is -0.960. The van der Waals surface area contributed by atoms with Crippen LogP contribution in [0.1, 0.15) is 18.9 Å². The Bertz CT molecular complexity index is 372. The molecular weight excluding hydrogens is 247 g/mol. The quantitative estimate of drug-likeness (QED) is 0.597. The third kappa shape index (κ3) is 2.77. The second kappa shape index (κ2) is 5.05. The highest BCUT2D eigenvalue weighted by molar-refractivity contribution is 9.10. The molecule has 1 aromatic carbocycles. The second-order valence-electron chi connectivity index (χ2n) is 2.86. The summed E-state index contributed by atoms with van der Waals surface area (Å²) in [6.07, 6.45) is 3.24. The normalized spacial score (nSPS) is 11.5. The zero-order valence-electron chi connectivity index (χ0n) is 7.76. The van der Waals surface area contributed by atoms with Crippen LogP contribution in [0, 0.1) is 5.82 Å². The molecule has 0 atom stereocenters. The summed E-state index contributed by atoms with van der Waals surface area (Å²) >= 11 is 3.09. The molecule has 0 radical (unpaired) electrons. The zero-order valence-corrected chi connectivity index (χ0v) is 9.34. The highest BCUT2D eigenvalue weighted by atomic mass is 79.9. The third-order valence-electron chi connectivity index (χ3n) is 1.86. The Morgan fingerprint density at radius 1 is 1.57 bits per heavy atom. The molecule has 1 aromatic rings. The Labute approximate surface area is 90.8 Å². The molecule has 0 aliphatic heterocycles. The van der Waals surface area contributed by atoms with Crippen LogP contribution in [0.2, 0.25) is 0 Å². The average molecular weight is 257 g/mol. The summed E-state index contributed by atoms with van der Waals surface area (Å²) < 4.78 is 13.3. The number of rotatable bonds is 3. The molecule has 0 N–H and O–H groups in total. The first-order chi connectivity index (χ1) is 6.67. The summed E-state index contributed by atoms with van der Waals surface area (Å²) in [6, 6.07) is 4.65. The zero-order chi connectivity index (χ0) is 10.6. The van der Waals surface area contributed by atoms with Crippen molar-refractivity contribution in [3.05, 3.63) is 39.6 Å². The summed E-state index contributed by atoms with van der Waals surface area (Å²) in [5, 5.41) is 0. The van der Waals surface area contributed by atoms with Crippen LogP contribution in [0.25, 0.3) is 6.08 Å². The maximum absolute atomic E-state index is 12.9. The van der Waals surface area contributed by atoms with Gasteiger partial charge in [0.2, 0.25) is 0 Å². The molecule has 3 heteroatoms. The number of aldehydes is 1. The van der Waals surface area contributed by atoms with Gasteiger partial charge < -0.3 is 0 Å². The SMILES string of the molecule is CC/C(C=O)=C/c1ccc(F)c(Br)c1. The lowest BCUT2D eigenvalue weighted by molar-refractivity contribution is -0.104. The van der Waals surface area contributed by atoms with Crippen molar-refractivity contribution in [3.8, 4) is 0 Å². The molecule has 0 spiro atoms. The van der Waals surface area contributed by atoms with Crippen LogP contribution >= 0.6 is 15.9 Å². The van der Waals surface area contributed by atoms with E-state index < -0.39 is 0 Å². The molecule has 0 amide bonds. The van der Waals surface area contributed by atoms with Crippen molar-refractivity contribution in [1.82, 2.24) is 0 Å². The Morgan fingerprint density at radius 2 is 2.29 bits per heavy atom. The van der Waals surface area contributed by atoms with Crippen molar-refractivity contribution in [3.63, 3.8) is 0 Å². The lowest BCUT2D eigenvalue weighted by Crippen LogP contribution is -1.84. The smallest absolute Gasteiger partial charge is 0.146 e. The lowest BCUT2D eigenvalue weighted by Gasteiger charge is -1.98. The maximum Gasteiger partial charge on any atom is 0.146 e. The molecule has 14 heavy (non-hydrogen) atoms. The number of benzene rings is 1. The van der Waals surface area contributed by atoms with Gasteiger partial charge in [-0.25, -0.2) is 4.39 Å². The van der Waals surface area contributed by atoms with Crippen LogP contribution in [0.3, 0.4) is 0 Å². The van der Waals surface area contributed by atoms with Crippen molar-refractivity contribution in [1.29, 1.82) is 0 Å². The molecule has 0 aliphatic rings. The van der Waals surface area contributed by atoms with E-state index in [0.29, 0.717) is 16.5 Å². The van der Waals surface area contributed by atoms with Crippen molar-refractivity contribution >= 4 is 28.3 Å². The average Bonchev–Trinajstić information content (AvgIpc) is 2.19. The lowest BCUT2D eigenvalue weighted by atomic mass is 10.1. The van der Waals surface area contributed by atoms with Gasteiger partial charge in [0, 0.05) is 0 Å². The fraction of sp³-hybridized carbons (Fsp3) is 0.182. The molecule has 0 fully saturated rings. The van der Waals surface area contributed by atoms with Gasteiger partial charge in [0.1, 0.15) is 12.1 Å². The van der Waals surface area contributed by atoms with Crippen LogP contribution in [0.4, 0.5) is 4.39 Å². The maximum atomic E-state index is 12.9. The van der Waals surface area contributed by atoms with E-state index in [0.717, 1.165) is 11.8 Å². The van der Waals surface area contributed by atoms with Gasteiger partial charge in [-0.2, -0.15) is 0 Å². The Balaban J connectivity index is 3.03. The van der Waals surface area contributed by atoms with Crippen LogP contribution in [-0.4, -0.2) is 6.29 Å². The minimum Gasteiger partial charge on any atom is -0.298 e. The van der Waals surface area contributed by atoms with E-state index in [-0.39, 0.29) is 5.82 Å². The summed E-state index contributed by atoms with van der Waals surface area (Å²) in [5.74, 6) is -0.300. The van der Waals surface area contributed by atoms with Gasteiger partial charge in [-0.05, 0) is 51.7 Å². The van der Waals surface area contributed by atoms with Crippen LogP contribution in [-0.2, 0) is 4.79 Å². The summed E-state index contributed by atoms with van der Waals surface area (Å²) in [7, 11) is 0. The minimum absolute atomic E-state index is 0.300. The molecule has 0 saturated carbocycles. The number of hydrogen-bond acceptors (Lipinski definition) is 1. The van der Waals surface area contributed by atoms with Crippen molar-refractivity contribution < 1.29 is 9.18 Å². The van der Waals surface area contributed by atoms with E-state index in [4.69, 9.17) is 0 Å². The number of halogens is 2. The molecule has 1 nitrogen and oxygen atoms in total. The molecule has 0 heterocycles. The number of carbonyl (C=O) groups is 1. The van der Waals surface area contributed by atoms with Gasteiger partial charge in [0.15, 0.2) is 0 Å². The topological polar surface area (TPSA) is 17.1 Å². The minimum atomic E-state index is -0.300. The molecule has 0 aromatic heterocycles. The molecule has 74 valence electrons. The van der Waals surface area contributed by atoms with Crippen molar-refractivity contribution in [2.45, 2.75) is 13.3 Å². The third-order valence-corrected chi connectivity index (χ3v) is 2.46. The highest BCUT2D eigenvalue weighted by Gasteiger charge is 1.99. The Morgan fingerprint density at radius 3 is 2.79 bits per heavy atom. The van der Waals surface area contributed by atoms with Gasteiger partial charge in [-0.3, -0.25) is 4.79 Å². The van der Waals surface area contributed by atoms with Gasteiger partial charge in [-0.15, -0.1) is 0 Å². The highest BCUT2D eigenvalue weighted by Crippen LogP contribution is 2.18. The van der Waals surface area contributed by atoms with E-state index in [1.807, 2.05) is 6.92 Å². The van der Waals surface area contributed by atoms with Crippen LogP contribution in [0.5, 0.6) is 0 Å². The molecule has 0 aliphatic carbocycles. The summed E-state index contributed by atoms with van der Waals surface area (Å²) in [6.45, 7) is 1.90. The van der Waals surface area contributed by atoms with Crippen LogP contribution < -0.4 is 0 Å². The molecule has 0 bridgehead atoms. The monoisotopic (exact) mass is 256 g/mol. The van der Waals surface area contributed by atoms with Gasteiger partial charge >= 0.3 is 0 Å².